The van der Waals surface area contributed by atoms with Crippen molar-refractivity contribution in [2.45, 2.75) is 25.0 Å². The van der Waals surface area contributed by atoms with Gasteiger partial charge in [-0.1, -0.05) is 24.0 Å². The second-order valence-corrected chi connectivity index (χ2v) is 7.57. The molecule has 2 amide bonds. The third kappa shape index (κ3) is 5.84. The molecule has 0 heterocycles. The number of nitrogens with zero attached hydrogens (tertiary/aromatic N) is 1. The molecule has 0 fully saturated rings. The molecule has 0 spiro atoms. The van der Waals surface area contributed by atoms with E-state index >= 15 is 0 Å². The first-order chi connectivity index (χ1) is 15.7. The molecule has 8 heteroatoms. The van der Waals surface area contributed by atoms with Gasteiger partial charge in [-0.2, -0.15) is 0 Å². The molecule has 0 aliphatic rings. The van der Waals surface area contributed by atoms with E-state index in [0.717, 1.165) is 10.5 Å². The van der Waals surface area contributed by atoms with Crippen molar-refractivity contribution in [2.24, 2.45) is 0 Å². The van der Waals surface area contributed by atoms with Crippen molar-refractivity contribution < 1.29 is 29.7 Å². The van der Waals surface area contributed by atoms with E-state index in [1.807, 2.05) is 0 Å². The largest absolute Gasteiger partial charge is 0.396 e. The number of ketones is 1. The van der Waals surface area contributed by atoms with Crippen LogP contribution in [0.1, 0.15) is 46.5 Å². The lowest BCUT2D eigenvalue weighted by Crippen LogP contribution is -2.62. The summed E-state index contributed by atoms with van der Waals surface area (Å²) in [6.45, 7) is 0.313. The van der Waals surface area contributed by atoms with Crippen molar-refractivity contribution in [1.29, 1.82) is 0 Å². The molecule has 8 nitrogen and oxygen atoms in total. The third-order valence-electron chi connectivity index (χ3n) is 5.51. The Bertz CT molecular complexity index is 1040. The topological polar surface area (TPSA) is 127 Å². The molecule has 2 aromatic rings. The van der Waals surface area contributed by atoms with Gasteiger partial charge in [0.25, 0.3) is 11.8 Å². The maximum Gasteiger partial charge on any atom is 0.254 e. The quantitative estimate of drug-likeness (QED) is 0.344. The summed E-state index contributed by atoms with van der Waals surface area (Å²) in [6, 6.07) is 13.4. The first-order valence-corrected chi connectivity index (χ1v) is 10.3. The zero-order valence-electron chi connectivity index (χ0n) is 18.8. The molecule has 2 aromatic carbocycles. The minimum Gasteiger partial charge on any atom is -0.396 e. The molecule has 0 saturated carbocycles. The minimum atomic E-state index is -1.85. The lowest BCUT2D eigenvalue weighted by molar-refractivity contribution is -0.143. The summed E-state index contributed by atoms with van der Waals surface area (Å²) < 4.78 is 0. The number of likely N-dealkylation sites (N-methyl/N-ethyl adjacent to an activating group) is 2. The van der Waals surface area contributed by atoms with Crippen LogP contribution in [-0.2, 0) is 9.59 Å². The van der Waals surface area contributed by atoms with Crippen LogP contribution in [0.3, 0.4) is 0 Å². The van der Waals surface area contributed by atoms with Gasteiger partial charge in [-0.3, -0.25) is 14.4 Å². The van der Waals surface area contributed by atoms with Crippen molar-refractivity contribution >= 4 is 17.6 Å². The Morgan fingerprint density at radius 2 is 1.52 bits per heavy atom. The number of carbonyl (C=O) groups is 3. The van der Waals surface area contributed by atoms with Gasteiger partial charge < -0.3 is 25.5 Å². The zero-order chi connectivity index (χ0) is 24.6. The van der Waals surface area contributed by atoms with E-state index < -0.39 is 35.8 Å². The summed E-state index contributed by atoms with van der Waals surface area (Å²) >= 11 is 0. The highest BCUT2D eigenvalue weighted by Crippen LogP contribution is 2.19. The van der Waals surface area contributed by atoms with Crippen molar-refractivity contribution in [3.8, 4) is 11.8 Å². The number of carbonyl (C=O) groups excluding carboxylic acids is 3. The lowest BCUT2D eigenvalue weighted by atomic mass is 9.92. The monoisotopic (exact) mass is 452 g/mol. The first kappa shape index (κ1) is 25.7. The van der Waals surface area contributed by atoms with Crippen molar-refractivity contribution in [1.82, 2.24) is 10.2 Å². The average Bonchev–Trinajstić information content (AvgIpc) is 2.85. The van der Waals surface area contributed by atoms with Crippen LogP contribution in [0.15, 0.2) is 48.5 Å². The molecule has 0 radical (unpaired) electrons. The maximum absolute atomic E-state index is 12.9. The number of Topliss-reactive ketones (excluding diaryl/α,β-unsaturated/α-hetero) is 1. The van der Waals surface area contributed by atoms with E-state index in [1.165, 1.54) is 21.0 Å². The summed E-state index contributed by atoms with van der Waals surface area (Å²) in [5, 5.41) is 30.4. The predicted octanol–water partition coefficient (Wildman–Crippen LogP) is 0.640. The predicted molar refractivity (Wildman–Crippen MR) is 122 cm³/mol. The number of amides is 2. The highest BCUT2D eigenvalue weighted by molar-refractivity contribution is 6.14. The smallest absolute Gasteiger partial charge is 0.254 e. The molecule has 174 valence electrons. The molecule has 1 unspecified atom stereocenters. The van der Waals surface area contributed by atoms with Gasteiger partial charge in [-0.05, 0) is 48.9 Å². The fraction of sp³-hybridized carbons (Fsp3) is 0.320. The number of nitrogens with one attached hydrogen (secondary N) is 1. The van der Waals surface area contributed by atoms with E-state index in [-0.39, 0.29) is 18.6 Å². The first-order valence-electron chi connectivity index (χ1n) is 10.3. The molecule has 0 aliphatic heterocycles. The summed E-state index contributed by atoms with van der Waals surface area (Å²) in [5.41, 5.74) is 0.490. The zero-order valence-corrected chi connectivity index (χ0v) is 18.8. The van der Waals surface area contributed by atoms with E-state index in [4.69, 9.17) is 5.11 Å². The normalized spacial score (nSPS) is 13.2. The minimum absolute atomic E-state index is 0.0974. The van der Waals surface area contributed by atoms with Crippen LogP contribution >= 0.6 is 0 Å². The molecule has 0 aromatic heterocycles. The summed E-state index contributed by atoms with van der Waals surface area (Å²) in [6.07, 6.45) is -0.458. The van der Waals surface area contributed by atoms with Crippen LogP contribution < -0.4 is 5.32 Å². The Kier molecular flexibility index (Phi) is 8.88. The molecule has 2 rings (SSSR count). The number of hydrogen-bond donors (Lipinski definition) is 4. The molecule has 2 atom stereocenters. The number of rotatable bonds is 8. The van der Waals surface area contributed by atoms with E-state index in [0.29, 0.717) is 11.1 Å². The molecule has 0 bridgehead atoms. The van der Waals surface area contributed by atoms with Crippen molar-refractivity contribution in [3.05, 3.63) is 70.8 Å². The molecule has 4 N–H and O–H groups in total. The summed E-state index contributed by atoms with van der Waals surface area (Å²) in [4.78, 5) is 38.4. The Hall–Kier alpha value is -3.51. The van der Waals surface area contributed by atoms with Crippen molar-refractivity contribution in [2.75, 3.05) is 27.3 Å². The third-order valence-corrected chi connectivity index (χ3v) is 5.51. The second kappa shape index (κ2) is 11.4. The fourth-order valence-electron chi connectivity index (χ4n) is 3.18. The standard InChI is InChI=1S/C25H28N2O6/c1-25(22(31)16-29,24(33)26-2)27(3)23(32)20-12-8-18(9-13-20)5-4-17-6-10-19(11-7-17)21(30)14-15-28/h6-13,21,28-30H,14-16H2,1-3H3,(H,26,33)/t21?,25-/m1/s1. The van der Waals surface area contributed by atoms with E-state index in [1.54, 1.807) is 48.5 Å². The molecule has 0 aliphatic carbocycles. The molecular formula is C25H28N2O6. The number of aliphatic hydroxyl groups is 3. The fourth-order valence-corrected chi connectivity index (χ4v) is 3.18. The number of aliphatic hydroxyl groups excluding tert-OH is 3. The second-order valence-electron chi connectivity index (χ2n) is 7.57. The van der Waals surface area contributed by atoms with Gasteiger partial charge >= 0.3 is 0 Å². The summed E-state index contributed by atoms with van der Waals surface area (Å²) in [5.74, 6) is 3.93. The highest BCUT2D eigenvalue weighted by Gasteiger charge is 2.46. The Balaban J connectivity index is 2.18. The van der Waals surface area contributed by atoms with Gasteiger partial charge in [0.1, 0.15) is 6.61 Å². The molecular weight excluding hydrogens is 424 g/mol. The lowest BCUT2D eigenvalue weighted by Gasteiger charge is -2.35. The van der Waals surface area contributed by atoms with Gasteiger partial charge in [0.15, 0.2) is 11.3 Å². The molecule has 0 saturated heterocycles. The van der Waals surface area contributed by atoms with Gasteiger partial charge in [0.2, 0.25) is 0 Å². The Morgan fingerprint density at radius 1 is 1.00 bits per heavy atom. The highest BCUT2D eigenvalue weighted by atomic mass is 16.3. The average molecular weight is 453 g/mol. The Labute approximate surface area is 192 Å². The van der Waals surface area contributed by atoms with Crippen LogP contribution in [0, 0.1) is 11.8 Å². The van der Waals surface area contributed by atoms with Crippen LogP contribution in [0.2, 0.25) is 0 Å². The van der Waals surface area contributed by atoms with Gasteiger partial charge in [-0.25, -0.2) is 0 Å². The molecule has 33 heavy (non-hydrogen) atoms. The van der Waals surface area contributed by atoms with Crippen LogP contribution in [0.4, 0.5) is 0 Å². The van der Waals surface area contributed by atoms with Crippen LogP contribution in [-0.4, -0.2) is 70.7 Å². The summed E-state index contributed by atoms with van der Waals surface area (Å²) in [7, 11) is 2.68. The van der Waals surface area contributed by atoms with E-state index in [2.05, 4.69) is 17.2 Å². The number of benzene rings is 2. The van der Waals surface area contributed by atoms with Crippen LogP contribution in [0.25, 0.3) is 0 Å². The van der Waals surface area contributed by atoms with Gasteiger partial charge in [0, 0.05) is 43.8 Å². The van der Waals surface area contributed by atoms with Crippen molar-refractivity contribution in [3.63, 3.8) is 0 Å². The Morgan fingerprint density at radius 3 is 1.97 bits per heavy atom. The van der Waals surface area contributed by atoms with E-state index in [9.17, 15) is 24.6 Å². The van der Waals surface area contributed by atoms with Crippen LogP contribution in [0.5, 0.6) is 0 Å². The number of hydrogen-bond acceptors (Lipinski definition) is 6. The maximum atomic E-state index is 12.9. The van der Waals surface area contributed by atoms with Gasteiger partial charge in [-0.15, -0.1) is 0 Å². The van der Waals surface area contributed by atoms with Gasteiger partial charge in [0.05, 0.1) is 6.10 Å². The SMILES string of the molecule is CNC(=O)[C@@](C)(C(=O)CO)N(C)C(=O)c1ccc(C#Cc2ccc(C(O)CCO)cc2)cc1.